The van der Waals surface area contributed by atoms with Gasteiger partial charge >= 0.3 is 0 Å². The van der Waals surface area contributed by atoms with Gasteiger partial charge in [-0.05, 0) is 25.5 Å². The second kappa shape index (κ2) is 3.95. The number of halogens is 3. The maximum absolute atomic E-state index is 13.5. The Balaban J connectivity index is 3.19. The fourth-order valence-electron chi connectivity index (χ4n) is 1.14. The molecule has 14 heavy (non-hydrogen) atoms. The van der Waals surface area contributed by atoms with Crippen LogP contribution in [0.25, 0.3) is 0 Å². The highest BCUT2D eigenvalue weighted by molar-refractivity contribution is 9.10. The summed E-state index contributed by atoms with van der Waals surface area (Å²) in [7, 11) is 0. The normalized spacial score (nSPS) is 14.1. The minimum absolute atomic E-state index is 0.0573. The van der Waals surface area contributed by atoms with Crippen LogP contribution in [0.2, 0.25) is 0 Å². The van der Waals surface area contributed by atoms with Crippen molar-refractivity contribution in [3.63, 3.8) is 0 Å². The molecule has 0 bridgehead atoms. The number of hydrogen-bond donors (Lipinski definition) is 1. The zero-order valence-electron chi connectivity index (χ0n) is 8.02. The molecule has 0 fully saturated rings. The van der Waals surface area contributed by atoms with Crippen molar-refractivity contribution in [2.24, 2.45) is 5.73 Å². The molecule has 0 spiro atoms. The van der Waals surface area contributed by atoms with Gasteiger partial charge < -0.3 is 5.73 Å². The van der Waals surface area contributed by atoms with E-state index in [1.165, 1.54) is 13.0 Å². The average molecular weight is 264 g/mol. The number of hydrogen-bond acceptors (Lipinski definition) is 1. The zero-order chi connectivity index (χ0) is 10.9. The number of benzene rings is 1. The summed E-state index contributed by atoms with van der Waals surface area (Å²) < 4.78 is 27.4. The Labute approximate surface area is 90.4 Å². The quantitative estimate of drug-likeness (QED) is 0.872. The summed E-state index contributed by atoms with van der Waals surface area (Å²) in [5.41, 5.74) is 6.11. The van der Waals surface area contributed by atoms with Crippen molar-refractivity contribution in [2.45, 2.75) is 25.8 Å². The lowest BCUT2D eigenvalue weighted by molar-refractivity contribution is -0.0263. The molecule has 0 saturated carbocycles. The third kappa shape index (κ3) is 2.12. The summed E-state index contributed by atoms with van der Waals surface area (Å²) in [5.74, 6) is -2.99. The van der Waals surface area contributed by atoms with Crippen LogP contribution in [-0.4, -0.2) is 6.04 Å². The standard InChI is InChI=1S/C10H12BrF2N/c1-6-3-4-8(9(11)5-6)10(12,13)7(2)14/h3-5,7H,14H2,1-2H3. The van der Waals surface area contributed by atoms with Gasteiger partial charge in [-0.3, -0.25) is 0 Å². The van der Waals surface area contributed by atoms with E-state index in [9.17, 15) is 8.78 Å². The molecule has 78 valence electrons. The summed E-state index contributed by atoms with van der Waals surface area (Å²) in [4.78, 5) is 0. The van der Waals surface area contributed by atoms with Crippen molar-refractivity contribution in [1.29, 1.82) is 0 Å². The first-order chi connectivity index (χ1) is 6.35. The zero-order valence-corrected chi connectivity index (χ0v) is 9.61. The molecule has 0 heterocycles. The predicted molar refractivity (Wildman–Crippen MR) is 56.4 cm³/mol. The lowest BCUT2D eigenvalue weighted by atomic mass is 10.0. The van der Waals surface area contributed by atoms with Crippen LogP contribution in [0.15, 0.2) is 22.7 Å². The van der Waals surface area contributed by atoms with E-state index < -0.39 is 12.0 Å². The summed E-state index contributed by atoms with van der Waals surface area (Å²) in [6.07, 6.45) is 0. The van der Waals surface area contributed by atoms with Crippen molar-refractivity contribution in [3.05, 3.63) is 33.8 Å². The molecule has 1 nitrogen and oxygen atoms in total. The number of nitrogens with two attached hydrogens (primary N) is 1. The minimum Gasteiger partial charge on any atom is -0.323 e. The Kier molecular flexibility index (Phi) is 3.27. The van der Waals surface area contributed by atoms with Crippen molar-refractivity contribution < 1.29 is 8.78 Å². The van der Waals surface area contributed by atoms with Gasteiger partial charge in [0.1, 0.15) is 0 Å². The second-order valence-electron chi connectivity index (χ2n) is 3.39. The first-order valence-corrected chi connectivity index (χ1v) is 5.05. The van der Waals surface area contributed by atoms with E-state index in [4.69, 9.17) is 5.73 Å². The molecular formula is C10H12BrF2N. The van der Waals surface area contributed by atoms with E-state index in [0.717, 1.165) is 5.56 Å². The minimum atomic E-state index is -2.99. The molecule has 4 heteroatoms. The molecule has 1 rings (SSSR count). The van der Waals surface area contributed by atoms with E-state index >= 15 is 0 Å². The first kappa shape index (κ1) is 11.6. The molecule has 0 aliphatic heterocycles. The number of rotatable bonds is 2. The highest BCUT2D eigenvalue weighted by Crippen LogP contribution is 2.35. The van der Waals surface area contributed by atoms with Gasteiger partial charge in [-0.1, -0.05) is 28.1 Å². The highest BCUT2D eigenvalue weighted by Gasteiger charge is 2.37. The van der Waals surface area contributed by atoms with Crippen LogP contribution in [0, 0.1) is 6.92 Å². The molecule has 0 aliphatic rings. The van der Waals surface area contributed by atoms with Crippen LogP contribution in [0.3, 0.4) is 0 Å². The van der Waals surface area contributed by atoms with Gasteiger partial charge in [0.2, 0.25) is 0 Å². The Morgan fingerprint density at radius 2 is 2.00 bits per heavy atom. The lowest BCUT2D eigenvalue weighted by Gasteiger charge is -2.21. The van der Waals surface area contributed by atoms with Crippen molar-refractivity contribution >= 4 is 15.9 Å². The average Bonchev–Trinajstić information content (AvgIpc) is 2.02. The summed E-state index contributed by atoms with van der Waals surface area (Å²) in [6, 6.07) is 3.52. The highest BCUT2D eigenvalue weighted by atomic mass is 79.9. The summed E-state index contributed by atoms with van der Waals surface area (Å²) >= 11 is 3.12. The van der Waals surface area contributed by atoms with Gasteiger partial charge in [-0.2, -0.15) is 8.78 Å². The Morgan fingerprint density at radius 1 is 1.43 bits per heavy atom. The van der Waals surface area contributed by atoms with Crippen LogP contribution >= 0.6 is 15.9 Å². The maximum atomic E-state index is 13.5. The van der Waals surface area contributed by atoms with Crippen LogP contribution in [0.4, 0.5) is 8.78 Å². The molecule has 0 aromatic heterocycles. The van der Waals surface area contributed by atoms with Gasteiger partial charge in [0.25, 0.3) is 5.92 Å². The molecule has 1 aromatic carbocycles. The monoisotopic (exact) mass is 263 g/mol. The third-order valence-electron chi connectivity index (χ3n) is 2.06. The van der Waals surface area contributed by atoms with Crippen LogP contribution in [0.1, 0.15) is 18.1 Å². The number of alkyl halides is 2. The molecule has 0 radical (unpaired) electrons. The summed E-state index contributed by atoms with van der Waals surface area (Å²) in [6.45, 7) is 3.14. The largest absolute Gasteiger partial charge is 0.323 e. The third-order valence-corrected chi connectivity index (χ3v) is 2.71. The van der Waals surface area contributed by atoms with Gasteiger partial charge in [-0.25, -0.2) is 0 Å². The molecule has 1 aromatic rings. The van der Waals surface area contributed by atoms with E-state index in [-0.39, 0.29) is 5.56 Å². The lowest BCUT2D eigenvalue weighted by Crippen LogP contribution is -2.36. The molecule has 0 saturated heterocycles. The van der Waals surface area contributed by atoms with E-state index in [1.54, 1.807) is 12.1 Å². The Bertz CT molecular complexity index is 337. The van der Waals surface area contributed by atoms with Gasteiger partial charge in [-0.15, -0.1) is 0 Å². The van der Waals surface area contributed by atoms with Crippen molar-refractivity contribution in [1.82, 2.24) is 0 Å². The molecule has 0 aliphatic carbocycles. The fraction of sp³-hybridized carbons (Fsp3) is 0.400. The topological polar surface area (TPSA) is 26.0 Å². The van der Waals surface area contributed by atoms with Crippen molar-refractivity contribution in [2.75, 3.05) is 0 Å². The van der Waals surface area contributed by atoms with E-state index in [2.05, 4.69) is 15.9 Å². The van der Waals surface area contributed by atoms with Gasteiger partial charge in [0.15, 0.2) is 0 Å². The van der Waals surface area contributed by atoms with Crippen molar-refractivity contribution in [3.8, 4) is 0 Å². The Morgan fingerprint density at radius 3 is 2.43 bits per heavy atom. The first-order valence-electron chi connectivity index (χ1n) is 4.25. The molecule has 1 atom stereocenters. The van der Waals surface area contributed by atoms with E-state index in [1.807, 2.05) is 6.92 Å². The Hall–Kier alpha value is -0.480. The molecule has 1 unspecified atom stereocenters. The number of aryl methyl sites for hydroxylation is 1. The van der Waals surface area contributed by atoms with Crippen LogP contribution < -0.4 is 5.73 Å². The second-order valence-corrected chi connectivity index (χ2v) is 4.25. The smallest absolute Gasteiger partial charge is 0.288 e. The van der Waals surface area contributed by atoms with Gasteiger partial charge in [0, 0.05) is 10.0 Å². The van der Waals surface area contributed by atoms with Crippen LogP contribution in [-0.2, 0) is 5.92 Å². The SMILES string of the molecule is Cc1ccc(C(F)(F)C(C)N)c(Br)c1. The van der Waals surface area contributed by atoms with Crippen LogP contribution in [0.5, 0.6) is 0 Å². The molecule has 0 amide bonds. The predicted octanol–water partition coefficient (Wildman–Crippen LogP) is 3.20. The van der Waals surface area contributed by atoms with Gasteiger partial charge in [0.05, 0.1) is 6.04 Å². The van der Waals surface area contributed by atoms with E-state index in [0.29, 0.717) is 4.47 Å². The fourth-order valence-corrected chi connectivity index (χ4v) is 1.89. The maximum Gasteiger partial charge on any atom is 0.288 e. The molecule has 2 N–H and O–H groups in total. The summed E-state index contributed by atoms with van der Waals surface area (Å²) in [5, 5.41) is 0. The molecular weight excluding hydrogens is 252 g/mol.